The summed E-state index contributed by atoms with van der Waals surface area (Å²) in [6.45, 7) is 11.2. The van der Waals surface area contributed by atoms with Gasteiger partial charge < -0.3 is 19.5 Å². The minimum Gasteiger partial charge on any atom is -0.490 e. The second-order valence-electron chi connectivity index (χ2n) is 13.4. The van der Waals surface area contributed by atoms with Crippen molar-refractivity contribution in [2.45, 2.75) is 79.2 Å². The molecule has 8 heteroatoms. The highest BCUT2D eigenvalue weighted by Crippen LogP contribution is 2.55. The highest BCUT2D eigenvalue weighted by atomic mass is 79.9. The third-order valence-corrected chi connectivity index (χ3v) is 9.05. The number of benzene rings is 2. The maximum Gasteiger partial charge on any atom is 0.305 e. The van der Waals surface area contributed by atoms with E-state index in [0.717, 1.165) is 22.5 Å². The van der Waals surface area contributed by atoms with Crippen molar-refractivity contribution >= 4 is 33.5 Å². The number of carboxylic acids is 1. The summed E-state index contributed by atoms with van der Waals surface area (Å²) in [6.07, 6.45) is 1.86. The van der Waals surface area contributed by atoms with Crippen LogP contribution in [0.15, 0.2) is 69.5 Å². The molecule has 3 aliphatic rings. The highest BCUT2D eigenvalue weighted by molar-refractivity contribution is 9.10. The van der Waals surface area contributed by atoms with E-state index >= 15 is 0 Å². The number of allylic oxidation sites excluding steroid dienone is 4. The molecule has 7 nitrogen and oxygen atoms in total. The number of hydrogen-bond acceptors (Lipinski definition) is 6. The molecule has 228 valence electrons. The molecule has 0 amide bonds. The van der Waals surface area contributed by atoms with Crippen LogP contribution in [0.25, 0.3) is 0 Å². The maximum atomic E-state index is 14.0. The maximum absolute atomic E-state index is 14.0. The second kappa shape index (κ2) is 11.9. The van der Waals surface area contributed by atoms with Gasteiger partial charge in [0.2, 0.25) is 0 Å². The Morgan fingerprint density at radius 3 is 2.05 bits per heavy atom. The molecule has 43 heavy (non-hydrogen) atoms. The van der Waals surface area contributed by atoms with Gasteiger partial charge in [-0.05, 0) is 69.8 Å². The van der Waals surface area contributed by atoms with Crippen molar-refractivity contribution in [1.29, 1.82) is 0 Å². The summed E-state index contributed by atoms with van der Waals surface area (Å²) in [7, 11) is 0. The van der Waals surface area contributed by atoms with E-state index in [0.29, 0.717) is 66.0 Å². The van der Waals surface area contributed by atoms with Gasteiger partial charge in [-0.2, -0.15) is 0 Å². The van der Waals surface area contributed by atoms with Gasteiger partial charge in [0.1, 0.15) is 6.61 Å². The molecule has 0 radical (unpaired) electrons. The minimum absolute atomic E-state index is 0.000699. The van der Waals surface area contributed by atoms with Crippen molar-refractivity contribution < 1.29 is 29.0 Å². The van der Waals surface area contributed by atoms with E-state index in [4.69, 9.17) is 9.47 Å². The average Bonchev–Trinajstić information content (AvgIpc) is 2.90. The standard InChI is InChI=1S/C35H40BrNO6/c1-6-42-28-15-22(14-23(36)33(28)43-20-21-10-8-7-9-11-21)30-31-24(16-34(2,3)18-26(31)38)37(13-12-29(40)41)25-17-35(4,5)19-27(39)32(25)30/h7-11,14-15,30H,6,12-13,16-20H2,1-5H3,(H,40,41). The Hall–Kier alpha value is -3.39. The van der Waals surface area contributed by atoms with E-state index < -0.39 is 11.9 Å². The van der Waals surface area contributed by atoms with E-state index in [1.807, 2.05) is 54.3 Å². The summed E-state index contributed by atoms with van der Waals surface area (Å²) >= 11 is 3.72. The average molecular weight is 651 g/mol. The van der Waals surface area contributed by atoms with Gasteiger partial charge in [-0.25, -0.2) is 0 Å². The summed E-state index contributed by atoms with van der Waals surface area (Å²) in [6, 6.07) is 13.7. The molecule has 0 saturated carbocycles. The number of rotatable bonds is 9. The number of Topliss-reactive ketones (excluding diaryl/α,β-unsaturated/α-hetero) is 2. The normalized spacial score (nSPS) is 19.7. The van der Waals surface area contributed by atoms with Gasteiger partial charge in [0.25, 0.3) is 0 Å². The number of hydrogen-bond donors (Lipinski definition) is 1. The fourth-order valence-corrected chi connectivity index (χ4v) is 7.32. The SMILES string of the molecule is CCOc1cc(C2C3=C(CC(C)(C)CC3=O)N(CCC(=O)O)C3=C2C(=O)CC(C)(C)C3)cc(Br)c1OCc1ccccc1. The second-order valence-corrected chi connectivity index (χ2v) is 14.2. The van der Waals surface area contributed by atoms with Gasteiger partial charge >= 0.3 is 5.97 Å². The molecule has 0 aromatic heterocycles. The topological polar surface area (TPSA) is 93.1 Å². The van der Waals surface area contributed by atoms with Gasteiger partial charge in [0, 0.05) is 47.8 Å². The lowest BCUT2D eigenvalue weighted by molar-refractivity contribution is -0.137. The van der Waals surface area contributed by atoms with E-state index in [1.165, 1.54) is 0 Å². The van der Waals surface area contributed by atoms with Crippen LogP contribution >= 0.6 is 15.9 Å². The number of aliphatic carboxylic acids is 1. The Labute approximate surface area is 262 Å². The van der Waals surface area contributed by atoms with Crippen molar-refractivity contribution in [3.63, 3.8) is 0 Å². The Balaban J connectivity index is 1.68. The predicted molar refractivity (Wildman–Crippen MR) is 168 cm³/mol. The Morgan fingerprint density at radius 1 is 0.930 bits per heavy atom. The van der Waals surface area contributed by atoms with Crippen molar-refractivity contribution in [1.82, 2.24) is 4.90 Å². The Bertz CT molecular complexity index is 1470. The first-order chi connectivity index (χ1) is 20.3. The lowest BCUT2D eigenvalue weighted by Gasteiger charge is -2.49. The van der Waals surface area contributed by atoms with Gasteiger partial charge in [0.15, 0.2) is 23.1 Å². The quantitative estimate of drug-likeness (QED) is 0.299. The van der Waals surface area contributed by atoms with Crippen LogP contribution < -0.4 is 9.47 Å². The number of carbonyl (C=O) groups excluding carboxylic acids is 2. The molecule has 1 N–H and O–H groups in total. The van der Waals surface area contributed by atoms with Crippen LogP contribution in [0.1, 0.15) is 83.8 Å². The smallest absolute Gasteiger partial charge is 0.305 e. The van der Waals surface area contributed by atoms with Crippen molar-refractivity contribution in [3.8, 4) is 11.5 Å². The first-order valence-electron chi connectivity index (χ1n) is 14.9. The van der Waals surface area contributed by atoms with Crippen LogP contribution in [-0.2, 0) is 21.0 Å². The number of carbonyl (C=O) groups is 3. The highest BCUT2D eigenvalue weighted by Gasteiger charge is 2.49. The summed E-state index contributed by atoms with van der Waals surface area (Å²) in [4.78, 5) is 41.8. The first-order valence-corrected chi connectivity index (χ1v) is 15.7. The molecule has 1 heterocycles. The molecule has 5 rings (SSSR count). The number of ether oxygens (including phenoxy) is 2. The molecule has 0 fully saturated rings. The van der Waals surface area contributed by atoms with Gasteiger partial charge in [-0.15, -0.1) is 0 Å². The first kappa shape index (κ1) is 31.0. The van der Waals surface area contributed by atoms with Gasteiger partial charge in [0.05, 0.1) is 17.5 Å². The van der Waals surface area contributed by atoms with Crippen molar-refractivity contribution in [2.24, 2.45) is 10.8 Å². The predicted octanol–water partition coefficient (Wildman–Crippen LogP) is 7.59. The number of halogens is 1. The Kier molecular flexibility index (Phi) is 8.63. The van der Waals surface area contributed by atoms with Crippen molar-refractivity contribution in [2.75, 3.05) is 13.2 Å². The third kappa shape index (κ3) is 6.44. The Morgan fingerprint density at radius 2 is 1.51 bits per heavy atom. The zero-order valence-electron chi connectivity index (χ0n) is 25.6. The fraction of sp³-hybridized carbons (Fsp3) is 0.457. The van der Waals surface area contributed by atoms with E-state index in [1.54, 1.807) is 0 Å². The molecule has 1 aliphatic heterocycles. The van der Waals surface area contributed by atoms with Crippen LogP contribution in [-0.4, -0.2) is 40.7 Å². The lowest BCUT2D eigenvalue weighted by atomic mass is 9.63. The molecular formula is C35H40BrNO6. The molecule has 2 aliphatic carbocycles. The number of ketones is 2. The van der Waals surface area contributed by atoms with E-state index in [2.05, 4.69) is 43.6 Å². The molecular weight excluding hydrogens is 610 g/mol. The van der Waals surface area contributed by atoms with Crippen LogP contribution in [0.2, 0.25) is 0 Å². The molecule has 2 aromatic rings. The molecule has 0 unspecified atom stereocenters. The van der Waals surface area contributed by atoms with Crippen LogP contribution in [0.4, 0.5) is 0 Å². The zero-order valence-corrected chi connectivity index (χ0v) is 27.2. The monoisotopic (exact) mass is 649 g/mol. The molecule has 0 bridgehead atoms. The van der Waals surface area contributed by atoms with E-state index in [9.17, 15) is 19.5 Å². The lowest BCUT2D eigenvalue weighted by Crippen LogP contribution is -2.45. The van der Waals surface area contributed by atoms with E-state index in [-0.39, 0.29) is 35.4 Å². The molecule has 0 atom stereocenters. The van der Waals surface area contributed by atoms with Crippen molar-refractivity contribution in [3.05, 3.63) is 80.6 Å². The van der Waals surface area contributed by atoms with Crippen LogP contribution in [0.5, 0.6) is 11.5 Å². The van der Waals surface area contributed by atoms with Crippen LogP contribution in [0, 0.1) is 10.8 Å². The zero-order chi connectivity index (χ0) is 31.1. The summed E-state index contributed by atoms with van der Waals surface area (Å²) < 4.78 is 13.0. The van der Waals surface area contributed by atoms with Crippen LogP contribution in [0.3, 0.4) is 0 Å². The summed E-state index contributed by atoms with van der Waals surface area (Å²) in [5.41, 5.74) is 4.10. The largest absolute Gasteiger partial charge is 0.490 e. The molecule has 0 spiro atoms. The third-order valence-electron chi connectivity index (χ3n) is 8.46. The molecule has 0 saturated heterocycles. The molecule has 2 aromatic carbocycles. The minimum atomic E-state index is -0.911. The summed E-state index contributed by atoms with van der Waals surface area (Å²) in [5.74, 6) is -0.391. The van der Waals surface area contributed by atoms with Gasteiger partial charge in [-0.3, -0.25) is 14.4 Å². The summed E-state index contributed by atoms with van der Waals surface area (Å²) in [5, 5.41) is 9.61. The van der Waals surface area contributed by atoms with Gasteiger partial charge in [-0.1, -0.05) is 58.0 Å². The number of nitrogens with zero attached hydrogens (tertiary/aromatic N) is 1. The number of carboxylic acid groups (broad SMARTS) is 1. The fourth-order valence-electron chi connectivity index (χ4n) is 6.75.